The highest BCUT2D eigenvalue weighted by molar-refractivity contribution is 5.79. The molecular formula is C24H37N5O2. The number of guanidine groups is 1. The van der Waals surface area contributed by atoms with Gasteiger partial charge >= 0.3 is 0 Å². The zero-order chi connectivity index (χ0) is 22.2. The molecule has 31 heavy (non-hydrogen) atoms. The van der Waals surface area contributed by atoms with E-state index < -0.39 is 0 Å². The molecule has 2 atom stereocenters. The molecule has 0 amide bonds. The van der Waals surface area contributed by atoms with Crippen LogP contribution >= 0.6 is 0 Å². The third kappa shape index (κ3) is 6.99. The van der Waals surface area contributed by atoms with Gasteiger partial charge in [-0.25, -0.2) is 0 Å². The Hall–Kier alpha value is -2.54. The van der Waals surface area contributed by atoms with Crippen molar-refractivity contribution in [2.24, 2.45) is 10.9 Å². The number of rotatable bonds is 9. The standard InChI is InChI=1S/C24H37N5O2/c1-17-8-9-21(23(11-17)31-16-22-7-6-10-30-22)14-27-24(25-5)26-13-18(2)15-29-20(4)12-19(3)28-29/h8-9,11-12,18,22H,6-7,10,13-16H2,1-5H3,(H2,25,26,27). The average Bonchev–Trinajstić information content (AvgIpc) is 3.37. The van der Waals surface area contributed by atoms with E-state index in [0.29, 0.717) is 19.1 Å². The fourth-order valence-electron chi connectivity index (χ4n) is 3.79. The van der Waals surface area contributed by atoms with E-state index in [1.54, 1.807) is 7.05 Å². The van der Waals surface area contributed by atoms with Crippen molar-refractivity contribution in [3.8, 4) is 5.75 Å². The summed E-state index contributed by atoms with van der Waals surface area (Å²) in [6, 6.07) is 8.44. The number of hydrogen-bond acceptors (Lipinski definition) is 4. The first-order chi connectivity index (χ1) is 14.9. The van der Waals surface area contributed by atoms with Crippen molar-refractivity contribution in [3.63, 3.8) is 0 Å². The average molecular weight is 428 g/mol. The monoisotopic (exact) mass is 427 g/mol. The van der Waals surface area contributed by atoms with E-state index in [-0.39, 0.29) is 6.10 Å². The van der Waals surface area contributed by atoms with Crippen molar-refractivity contribution < 1.29 is 9.47 Å². The van der Waals surface area contributed by atoms with Gasteiger partial charge in [-0.2, -0.15) is 5.10 Å². The molecule has 2 aromatic rings. The molecule has 1 aromatic heterocycles. The van der Waals surface area contributed by atoms with Gasteiger partial charge in [-0.15, -0.1) is 0 Å². The summed E-state index contributed by atoms with van der Waals surface area (Å²) in [5.41, 5.74) is 4.56. The van der Waals surface area contributed by atoms with Crippen LogP contribution in [-0.2, 0) is 17.8 Å². The van der Waals surface area contributed by atoms with Gasteiger partial charge in [0, 0.05) is 44.5 Å². The minimum atomic E-state index is 0.208. The van der Waals surface area contributed by atoms with Crippen LogP contribution < -0.4 is 15.4 Å². The summed E-state index contributed by atoms with van der Waals surface area (Å²) in [5.74, 6) is 2.11. The maximum Gasteiger partial charge on any atom is 0.191 e. The summed E-state index contributed by atoms with van der Waals surface area (Å²) < 4.78 is 13.9. The van der Waals surface area contributed by atoms with E-state index >= 15 is 0 Å². The number of benzene rings is 1. The molecule has 1 aliphatic heterocycles. The van der Waals surface area contributed by atoms with Gasteiger partial charge < -0.3 is 20.1 Å². The fraction of sp³-hybridized carbons (Fsp3) is 0.583. The number of ether oxygens (including phenoxy) is 2. The van der Waals surface area contributed by atoms with Gasteiger partial charge in [0.1, 0.15) is 12.4 Å². The van der Waals surface area contributed by atoms with Crippen LogP contribution in [0.5, 0.6) is 5.75 Å². The van der Waals surface area contributed by atoms with Crippen LogP contribution in [0.3, 0.4) is 0 Å². The third-order valence-electron chi connectivity index (χ3n) is 5.55. The Morgan fingerprint density at radius 2 is 2.13 bits per heavy atom. The lowest BCUT2D eigenvalue weighted by atomic mass is 10.1. The van der Waals surface area contributed by atoms with Crippen LogP contribution in [0, 0.1) is 26.7 Å². The molecule has 0 aliphatic carbocycles. The second kappa shape index (κ2) is 11.2. The molecule has 0 bridgehead atoms. The number of aryl methyl sites for hydroxylation is 3. The van der Waals surface area contributed by atoms with Crippen LogP contribution in [0.15, 0.2) is 29.3 Å². The van der Waals surface area contributed by atoms with Gasteiger partial charge in [-0.3, -0.25) is 9.67 Å². The topological polar surface area (TPSA) is 72.7 Å². The first-order valence-electron chi connectivity index (χ1n) is 11.2. The van der Waals surface area contributed by atoms with E-state index in [4.69, 9.17) is 9.47 Å². The maximum absolute atomic E-state index is 6.11. The molecule has 0 radical (unpaired) electrons. The van der Waals surface area contributed by atoms with Gasteiger partial charge in [0.25, 0.3) is 0 Å². The van der Waals surface area contributed by atoms with Crippen molar-refractivity contribution >= 4 is 5.96 Å². The number of aromatic nitrogens is 2. The summed E-state index contributed by atoms with van der Waals surface area (Å²) >= 11 is 0. The number of hydrogen-bond donors (Lipinski definition) is 2. The molecule has 2 unspecified atom stereocenters. The molecule has 1 saturated heterocycles. The summed E-state index contributed by atoms with van der Waals surface area (Å²) in [4.78, 5) is 4.37. The summed E-state index contributed by atoms with van der Waals surface area (Å²) in [6.45, 7) is 12.2. The van der Waals surface area contributed by atoms with Crippen LogP contribution in [0.4, 0.5) is 0 Å². The van der Waals surface area contributed by atoms with Gasteiger partial charge in [0.2, 0.25) is 0 Å². The molecule has 3 rings (SSSR count). The largest absolute Gasteiger partial charge is 0.491 e. The minimum Gasteiger partial charge on any atom is -0.491 e. The maximum atomic E-state index is 6.11. The van der Waals surface area contributed by atoms with Gasteiger partial charge in [-0.05, 0) is 57.2 Å². The van der Waals surface area contributed by atoms with Crippen LogP contribution in [0.2, 0.25) is 0 Å². The Morgan fingerprint density at radius 3 is 2.81 bits per heavy atom. The molecule has 170 valence electrons. The molecule has 1 fully saturated rings. The van der Waals surface area contributed by atoms with Gasteiger partial charge in [0.05, 0.1) is 11.8 Å². The molecule has 1 aromatic carbocycles. The normalized spacial score (nSPS) is 17.6. The van der Waals surface area contributed by atoms with Crippen molar-refractivity contribution in [1.29, 1.82) is 0 Å². The number of nitrogens with zero attached hydrogens (tertiary/aromatic N) is 3. The smallest absolute Gasteiger partial charge is 0.191 e. The predicted octanol–water partition coefficient (Wildman–Crippen LogP) is 3.37. The number of aliphatic imine (C=N–C) groups is 1. The lowest BCUT2D eigenvalue weighted by Gasteiger charge is -2.18. The van der Waals surface area contributed by atoms with Crippen molar-refractivity contribution in [2.75, 3.05) is 26.8 Å². The predicted molar refractivity (Wildman–Crippen MR) is 125 cm³/mol. The third-order valence-corrected chi connectivity index (χ3v) is 5.55. The van der Waals surface area contributed by atoms with Gasteiger partial charge in [-0.1, -0.05) is 19.1 Å². The lowest BCUT2D eigenvalue weighted by molar-refractivity contribution is 0.0676. The second-order valence-electron chi connectivity index (χ2n) is 8.58. The van der Waals surface area contributed by atoms with Gasteiger partial charge in [0.15, 0.2) is 5.96 Å². The SMILES string of the molecule is CN=C(NCc1ccc(C)cc1OCC1CCCO1)NCC(C)Cn1nc(C)cc1C. The Morgan fingerprint density at radius 1 is 1.29 bits per heavy atom. The minimum absolute atomic E-state index is 0.208. The lowest BCUT2D eigenvalue weighted by Crippen LogP contribution is -2.39. The molecule has 2 N–H and O–H groups in total. The number of nitrogens with one attached hydrogen (secondary N) is 2. The molecular weight excluding hydrogens is 390 g/mol. The molecule has 7 nitrogen and oxygen atoms in total. The summed E-state index contributed by atoms with van der Waals surface area (Å²) in [7, 11) is 1.80. The zero-order valence-electron chi connectivity index (χ0n) is 19.6. The first-order valence-corrected chi connectivity index (χ1v) is 11.2. The quantitative estimate of drug-likeness (QED) is 0.474. The van der Waals surface area contributed by atoms with Crippen LogP contribution in [-0.4, -0.2) is 48.7 Å². The van der Waals surface area contributed by atoms with E-state index in [2.05, 4.69) is 70.4 Å². The van der Waals surface area contributed by atoms with Crippen LogP contribution in [0.25, 0.3) is 0 Å². The molecule has 1 aliphatic rings. The van der Waals surface area contributed by atoms with E-state index in [1.165, 1.54) is 11.3 Å². The molecule has 0 saturated carbocycles. The summed E-state index contributed by atoms with van der Waals surface area (Å²) in [6.07, 6.45) is 2.40. The van der Waals surface area contributed by atoms with Crippen molar-refractivity contribution in [3.05, 3.63) is 46.8 Å². The Labute approximate surface area is 186 Å². The highest BCUT2D eigenvalue weighted by atomic mass is 16.5. The first kappa shape index (κ1) is 23.1. The zero-order valence-corrected chi connectivity index (χ0v) is 19.6. The Kier molecular flexibility index (Phi) is 8.35. The molecule has 7 heteroatoms. The Balaban J connectivity index is 1.49. The second-order valence-corrected chi connectivity index (χ2v) is 8.58. The van der Waals surface area contributed by atoms with E-state index in [9.17, 15) is 0 Å². The van der Waals surface area contributed by atoms with E-state index in [0.717, 1.165) is 55.5 Å². The summed E-state index contributed by atoms with van der Waals surface area (Å²) in [5, 5.41) is 11.4. The van der Waals surface area contributed by atoms with E-state index in [1.807, 2.05) is 6.92 Å². The fourth-order valence-corrected chi connectivity index (χ4v) is 3.79. The Bertz CT molecular complexity index is 871. The molecule has 2 heterocycles. The van der Waals surface area contributed by atoms with Crippen molar-refractivity contribution in [2.45, 2.75) is 59.7 Å². The van der Waals surface area contributed by atoms with Crippen LogP contribution in [0.1, 0.15) is 42.3 Å². The molecule has 0 spiro atoms. The highest BCUT2D eigenvalue weighted by Gasteiger charge is 2.17. The van der Waals surface area contributed by atoms with Crippen molar-refractivity contribution in [1.82, 2.24) is 20.4 Å². The highest BCUT2D eigenvalue weighted by Crippen LogP contribution is 2.22.